The standard InChI is InChI=1S/C20H16N6O2/c27-18-7-15(14-9-22-19(23-10-14)17-4-2-6-28-17)16-11-24-26(20(16)25-18)12-13-3-1-5-21-8-13/h1-6,8-11,15H,7,12H2,(H,25,27). The Hall–Kier alpha value is -3.81. The van der Waals surface area contributed by atoms with Gasteiger partial charge >= 0.3 is 0 Å². The Bertz CT molecular complexity index is 1100. The third-order valence-electron chi connectivity index (χ3n) is 4.76. The van der Waals surface area contributed by atoms with E-state index in [2.05, 4.69) is 25.4 Å². The van der Waals surface area contributed by atoms with Crippen molar-refractivity contribution in [3.8, 4) is 11.6 Å². The Labute approximate surface area is 160 Å². The minimum atomic E-state index is -0.142. The number of hydrogen-bond donors (Lipinski definition) is 1. The molecule has 8 nitrogen and oxygen atoms in total. The third kappa shape index (κ3) is 2.94. The molecule has 1 aliphatic heterocycles. The topological polar surface area (TPSA) is 98.7 Å². The van der Waals surface area contributed by atoms with Gasteiger partial charge in [0.15, 0.2) is 11.6 Å². The molecule has 0 aliphatic carbocycles. The van der Waals surface area contributed by atoms with Crippen molar-refractivity contribution < 1.29 is 9.21 Å². The second-order valence-electron chi connectivity index (χ2n) is 6.59. The fourth-order valence-electron chi connectivity index (χ4n) is 3.40. The van der Waals surface area contributed by atoms with Crippen LogP contribution in [0.5, 0.6) is 0 Å². The van der Waals surface area contributed by atoms with Gasteiger partial charge in [-0.25, -0.2) is 14.6 Å². The van der Waals surface area contributed by atoms with Crippen LogP contribution >= 0.6 is 0 Å². The summed E-state index contributed by atoms with van der Waals surface area (Å²) in [6.45, 7) is 0.532. The molecule has 4 aromatic rings. The number of nitrogens with one attached hydrogen (secondary N) is 1. The molecule has 0 fully saturated rings. The number of fused-ring (bicyclic) bond motifs is 1. The molecule has 0 radical (unpaired) electrons. The van der Waals surface area contributed by atoms with Crippen LogP contribution in [-0.2, 0) is 11.3 Å². The maximum atomic E-state index is 12.3. The first kappa shape index (κ1) is 16.4. The minimum Gasteiger partial charge on any atom is -0.461 e. The average Bonchev–Trinajstić information content (AvgIpc) is 3.39. The summed E-state index contributed by atoms with van der Waals surface area (Å²) >= 11 is 0. The average molecular weight is 372 g/mol. The summed E-state index contributed by atoms with van der Waals surface area (Å²) in [5.41, 5.74) is 2.83. The predicted molar refractivity (Wildman–Crippen MR) is 100 cm³/mol. The van der Waals surface area contributed by atoms with Gasteiger partial charge in [0.25, 0.3) is 0 Å². The largest absolute Gasteiger partial charge is 0.461 e. The molecule has 5 heterocycles. The number of furan rings is 1. The van der Waals surface area contributed by atoms with Crippen molar-refractivity contribution in [2.45, 2.75) is 18.9 Å². The van der Waals surface area contributed by atoms with Crippen LogP contribution in [0.4, 0.5) is 5.82 Å². The van der Waals surface area contributed by atoms with Gasteiger partial charge in [0.2, 0.25) is 5.91 Å². The zero-order chi connectivity index (χ0) is 18.9. The van der Waals surface area contributed by atoms with Crippen LogP contribution in [0, 0.1) is 0 Å². The van der Waals surface area contributed by atoms with E-state index in [1.54, 1.807) is 48.0 Å². The van der Waals surface area contributed by atoms with Gasteiger partial charge in [-0.15, -0.1) is 0 Å². The van der Waals surface area contributed by atoms with E-state index >= 15 is 0 Å². The highest BCUT2D eigenvalue weighted by Crippen LogP contribution is 2.37. The molecule has 1 N–H and O–H groups in total. The van der Waals surface area contributed by atoms with Crippen molar-refractivity contribution in [1.82, 2.24) is 24.7 Å². The van der Waals surface area contributed by atoms with E-state index < -0.39 is 0 Å². The number of pyridine rings is 1. The molecule has 28 heavy (non-hydrogen) atoms. The zero-order valence-corrected chi connectivity index (χ0v) is 14.8. The third-order valence-corrected chi connectivity index (χ3v) is 4.76. The first-order chi connectivity index (χ1) is 13.8. The molecule has 1 unspecified atom stereocenters. The monoisotopic (exact) mass is 372 g/mol. The molecule has 1 atom stereocenters. The Morgan fingerprint density at radius 2 is 2.04 bits per heavy atom. The number of anilines is 1. The number of aromatic nitrogens is 5. The number of carbonyl (C=O) groups excluding carboxylic acids is 1. The van der Waals surface area contributed by atoms with Gasteiger partial charge in [0.05, 0.1) is 19.0 Å². The molecule has 0 saturated heterocycles. The van der Waals surface area contributed by atoms with Crippen LogP contribution in [0.25, 0.3) is 11.6 Å². The van der Waals surface area contributed by atoms with E-state index in [1.807, 2.05) is 18.2 Å². The van der Waals surface area contributed by atoms with Gasteiger partial charge in [0, 0.05) is 42.7 Å². The molecular formula is C20H16N6O2. The number of nitrogens with zero attached hydrogens (tertiary/aromatic N) is 5. The Morgan fingerprint density at radius 1 is 1.14 bits per heavy atom. The van der Waals surface area contributed by atoms with Gasteiger partial charge in [0.1, 0.15) is 5.82 Å². The number of carbonyl (C=O) groups is 1. The second-order valence-corrected chi connectivity index (χ2v) is 6.59. The van der Waals surface area contributed by atoms with Crippen LogP contribution in [0.15, 0.2) is 65.9 Å². The molecule has 0 saturated carbocycles. The van der Waals surface area contributed by atoms with Crippen LogP contribution in [0.2, 0.25) is 0 Å². The first-order valence-electron chi connectivity index (χ1n) is 8.88. The molecular weight excluding hydrogens is 356 g/mol. The van der Waals surface area contributed by atoms with Crippen LogP contribution in [-0.4, -0.2) is 30.6 Å². The van der Waals surface area contributed by atoms with Crippen molar-refractivity contribution in [1.29, 1.82) is 0 Å². The minimum absolute atomic E-state index is 0.0550. The van der Waals surface area contributed by atoms with Crippen molar-refractivity contribution in [3.05, 3.63) is 78.2 Å². The van der Waals surface area contributed by atoms with Crippen molar-refractivity contribution >= 4 is 11.7 Å². The summed E-state index contributed by atoms with van der Waals surface area (Å²) in [5, 5.41) is 7.43. The highest BCUT2D eigenvalue weighted by Gasteiger charge is 2.30. The van der Waals surface area contributed by atoms with Crippen LogP contribution in [0.1, 0.15) is 29.0 Å². The van der Waals surface area contributed by atoms with Crippen molar-refractivity contribution in [2.24, 2.45) is 0 Å². The molecule has 1 aliphatic rings. The highest BCUT2D eigenvalue weighted by atomic mass is 16.3. The van der Waals surface area contributed by atoms with E-state index in [4.69, 9.17) is 4.42 Å². The summed E-state index contributed by atoms with van der Waals surface area (Å²) < 4.78 is 7.12. The maximum absolute atomic E-state index is 12.3. The molecule has 4 aromatic heterocycles. The highest BCUT2D eigenvalue weighted by molar-refractivity contribution is 5.94. The normalized spacial score (nSPS) is 15.9. The summed E-state index contributed by atoms with van der Waals surface area (Å²) in [6.07, 6.45) is 10.7. The van der Waals surface area contributed by atoms with E-state index in [9.17, 15) is 4.79 Å². The molecule has 0 bridgehead atoms. The number of hydrogen-bond acceptors (Lipinski definition) is 6. The smallest absolute Gasteiger partial charge is 0.226 e. The molecule has 1 amide bonds. The summed E-state index contributed by atoms with van der Waals surface area (Å²) in [7, 11) is 0. The van der Waals surface area contributed by atoms with Gasteiger partial charge in [-0.05, 0) is 29.3 Å². The summed E-state index contributed by atoms with van der Waals surface area (Å²) in [4.78, 5) is 25.3. The first-order valence-corrected chi connectivity index (χ1v) is 8.88. The molecule has 5 rings (SSSR count). The lowest BCUT2D eigenvalue weighted by Crippen LogP contribution is -2.25. The van der Waals surface area contributed by atoms with E-state index in [-0.39, 0.29) is 11.8 Å². The van der Waals surface area contributed by atoms with Gasteiger partial charge < -0.3 is 9.73 Å². The van der Waals surface area contributed by atoms with E-state index in [0.29, 0.717) is 30.4 Å². The van der Waals surface area contributed by atoms with Crippen LogP contribution < -0.4 is 5.32 Å². The summed E-state index contributed by atoms with van der Waals surface area (Å²) in [5.74, 6) is 1.64. The van der Waals surface area contributed by atoms with E-state index in [0.717, 1.165) is 16.7 Å². The second kappa shape index (κ2) is 6.73. The van der Waals surface area contributed by atoms with Crippen LogP contribution in [0.3, 0.4) is 0 Å². The molecule has 0 aromatic carbocycles. The lowest BCUT2D eigenvalue weighted by Gasteiger charge is -2.23. The van der Waals surface area contributed by atoms with Gasteiger partial charge in [-0.2, -0.15) is 5.10 Å². The fourth-order valence-corrected chi connectivity index (χ4v) is 3.40. The fraction of sp³-hybridized carbons (Fsp3) is 0.150. The van der Waals surface area contributed by atoms with Gasteiger partial charge in [-0.3, -0.25) is 9.78 Å². The Morgan fingerprint density at radius 3 is 2.79 bits per heavy atom. The van der Waals surface area contributed by atoms with E-state index in [1.165, 1.54) is 0 Å². The van der Waals surface area contributed by atoms with Crippen molar-refractivity contribution in [2.75, 3.05) is 5.32 Å². The Kier molecular flexibility index (Phi) is 3.93. The predicted octanol–water partition coefficient (Wildman–Crippen LogP) is 2.85. The van der Waals surface area contributed by atoms with Gasteiger partial charge in [-0.1, -0.05) is 6.07 Å². The van der Waals surface area contributed by atoms with Crippen molar-refractivity contribution in [3.63, 3.8) is 0 Å². The summed E-state index contributed by atoms with van der Waals surface area (Å²) in [6, 6.07) is 7.46. The Balaban J connectivity index is 1.47. The quantitative estimate of drug-likeness (QED) is 0.591. The lowest BCUT2D eigenvalue weighted by molar-refractivity contribution is -0.116. The number of amides is 1. The maximum Gasteiger partial charge on any atom is 0.226 e. The SMILES string of the molecule is O=C1CC(c2cnc(-c3ccco3)nc2)c2cnn(Cc3cccnc3)c2N1. The lowest BCUT2D eigenvalue weighted by atomic mass is 9.89. The molecule has 0 spiro atoms. The zero-order valence-electron chi connectivity index (χ0n) is 14.8. The molecule has 138 valence electrons. The molecule has 8 heteroatoms. The number of rotatable bonds is 4.